The molecule has 1 aromatic carbocycles. The van der Waals surface area contributed by atoms with Gasteiger partial charge in [-0.05, 0) is 18.1 Å². The molecule has 94 valence electrons. The van der Waals surface area contributed by atoms with Crippen LogP contribution in [0.2, 0.25) is 0 Å². The predicted molar refractivity (Wildman–Crippen MR) is 72.5 cm³/mol. The maximum Gasteiger partial charge on any atom is 0.177 e. The summed E-state index contributed by atoms with van der Waals surface area (Å²) >= 11 is 1.77. The number of para-hydroxylation sites is 1. The molecule has 0 radical (unpaired) electrons. The van der Waals surface area contributed by atoms with Crippen LogP contribution in [0.4, 0.5) is 5.69 Å². The van der Waals surface area contributed by atoms with Crippen LogP contribution in [0.15, 0.2) is 28.0 Å². The molecule has 1 aliphatic rings. The van der Waals surface area contributed by atoms with Crippen LogP contribution in [-0.4, -0.2) is 26.5 Å². The lowest BCUT2D eigenvalue weighted by Gasteiger charge is -2.29. The highest BCUT2D eigenvalue weighted by atomic mass is 32.2. The van der Waals surface area contributed by atoms with Crippen LogP contribution >= 0.6 is 11.8 Å². The zero-order valence-electron chi connectivity index (χ0n) is 10.2. The van der Waals surface area contributed by atoms with Gasteiger partial charge < -0.3 is 5.32 Å². The summed E-state index contributed by atoms with van der Waals surface area (Å²) in [7, 11) is -3.16. The molecule has 1 aromatic rings. The van der Waals surface area contributed by atoms with Gasteiger partial charge in [0.15, 0.2) is 9.84 Å². The largest absolute Gasteiger partial charge is 0.382 e. The molecule has 0 bridgehead atoms. The minimum absolute atomic E-state index is 0.407. The highest BCUT2D eigenvalue weighted by Gasteiger charge is 2.25. The first kappa shape index (κ1) is 12.8. The standard InChI is InChI=1S/C12H17NO2S2/c1-8(2)10-7-13-12-9(16-10)5-4-6-11(12)17(3,14)15/h4-6,8,10,13H,7H2,1-3H3. The molecule has 0 saturated carbocycles. The number of hydrogen-bond acceptors (Lipinski definition) is 4. The van der Waals surface area contributed by atoms with Gasteiger partial charge in [-0.2, -0.15) is 0 Å². The van der Waals surface area contributed by atoms with Gasteiger partial charge in [0.2, 0.25) is 0 Å². The molecule has 1 heterocycles. The van der Waals surface area contributed by atoms with E-state index in [9.17, 15) is 8.42 Å². The van der Waals surface area contributed by atoms with Gasteiger partial charge in [0.05, 0.1) is 10.6 Å². The third-order valence-corrected chi connectivity index (χ3v) is 5.64. The van der Waals surface area contributed by atoms with Crippen LogP contribution in [0, 0.1) is 5.92 Å². The van der Waals surface area contributed by atoms with E-state index in [-0.39, 0.29) is 0 Å². The van der Waals surface area contributed by atoms with Crippen LogP contribution in [0.5, 0.6) is 0 Å². The second kappa shape index (κ2) is 4.53. The molecule has 17 heavy (non-hydrogen) atoms. The molecule has 0 aliphatic carbocycles. The van der Waals surface area contributed by atoms with Crippen molar-refractivity contribution in [3.63, 3.8) is 0 Å². The molecule has 0 fully saturated rings. The Morgan fingerprint density at radius 3 is 2.71 bits per heavy atom. The van der Waals surface area contributed by atoms with Gasteiger partial charge in [-0.1, -0.05) is 19.9 Å². The summed E-state index contributed by atoms with van der Waals surface area (Å²) in [4.78, 5) is 1.45. The monoisotopic (exact) mass is 271 g/mol. The SMILES string of the molecule is CC(C)C1CNc2c(cccc2S(C)(=O)=O)S1. The van der Waals surface area contributed by atoms with Crippen LogP contribution in [-0.2, 0) is 9.84 Å². The van der Waals surface area contributed by atoms with Crippen molar-refractivity contribution in [3.05, 3.63) is 18.2 Å². The van der Waals surface area contributed by atoms with E-state index in [2.05, 4.69) is 19.2 Å². The Bertz CT molecular complexity index is 523. The normalized spacial score (nSPS) is 19.9. The van der Waals surface area contributed by atoms with Crippen molar-refractivity contribution in [2.45, 2.75) is 28.9 Å². The second-order valence-electron chi connectivity index (χ2n) is 4.68. The zero-order chi connectivity index (χ0) is 12.6. The molecule has 0 spiro atoms. The average Bonchev–Trinajstić information content (AvgIpc) is 2.26. The molecule has 5 heteroatoms. The first-order valence-electron chi connectivity index (χ1n) is 5.63. The summed E-state index contributed by atoms with van der Waals surface area (Å²) < 4.78 is 23.3. The molecular weight excluding hydrogens is 254 g/mol. The smallest absolute Gasteiger partial charge is 0.177 e. The number of benzene rings is 1. The quantitative estimate of drug-likeness (QED) is 0.898. The second-order valence-corrected chi connectivity index (χ2v) is 7.95. The lowest BCUT2D eigenvalue weighted by molar-refractivity contribution is 0.600. The highest BCUT2D eigenvalue weighted by molar-refractivity contribution is 8.00. The number of sulfone groups is 1. The molecular formula is C12H17NO2S2. The fraction of sp³-hybridized carbons (Fsp3) is 0.500. The summed E-state index contributed by atoms with van der Waals surface area (Å²) in [5.74, 6) is 0.572. The number of anilines is 1. The fourth-order valence-corrected chi connectivity index (χ4v) is 4.04. The number of fused-ring (bicyclic) bond motifs is 1. The van der Waals surface area contributed by atoms with E-state index in [0.29, 0.717) is 16.1 Å². The summed E-state index contributed by atoms with van der Waals surface area (Å²) in [5, 5.41) is 3.77. The van der Waals surface area contributed by atoms with Crippen LogP contribution in [0.3, 0.4) is 0 Å². The van der Waals surface area contributed by atoms with Crippen molar-refractivity contribution in [1.82, 2.24) is 0 Å². The fourth-order valence-electron chi connectivity index (χ4n) is 1.87. The molecule has 1 aliphatic heterocycles. The number of thioether (sulfide) groups is 1. The Hall–Kier alpha value is -0.680. The van der Waals surface area contributed by atoms with Gasteiger partial charge in [-0.25, -0.2) is 8.42 Å². The molecule has 3 nitrogen and oxygen atoms in total. The van der Waals surface area contributed by atoms with E-state index in [4.69, 9.17) is 0 Å². The molecule has 1 unspecified atom stereocenters. The van der Waals surface area contributed by atoms with Gasteiger partial charge in [0.1, 0.15) is 0 Å². The van der Waals surface area contributed by atoms with E-state index in [1.807, 2.05) is 12.1 Å². The molecule has 0 aromatic heterocycles. The van der Waals surface area contributed by atoms with Gasteiger partial charge in [-0.3, -0.25) is 0 Å². The lowest BCUT2D eigenvalue weighted by Crippen LogP contribution is -2.26. The van der Waals surface area contributed by atoms with Crippen molar-refractivity contribution in [2.75, 3.05) is 18.1 Å². The molecule has 2 rings (SSSR count). The van der Waals surface area contributed by atoms with Crippen LogP contribution in [0.1, 0.15) is 13.8 Å². The summed E-state index contributed by atoms with van der Waals surface area (Å²) in [6, 6.07) is 5.46. The Morgan fingerprint density at radius 1 is 1.41 bits per heavy atom. The van der Waals surface area contributed by atoms with Gasteiger partial charge in [0, 0.05) is 22.9 Å². The first-order valence-corrected chi connectivity index (χ1v) is 8.40. The third-order valence-electron chi connectivity index (χ3n) is 2.89. The van der Waals surface area contributed by atoms with Gasteiger partial charge >= 0.3 is 0 Å². The topological polar surface area (TPSA) is 46.2 Å². The molecule has 1 atom stereocenters. The van der Waals surface area contributed by atoms with E-state index in [1.54, 1.807) is 17.8 Å². The minimum Gasteiger partial charge on any atom is -0.382 e. The van der Waals surface area contributed by atoms with Gasteiger partial charge in [0.25, 0.3) is 0 Å². The van der Waals surface area contributed by atoms with E-state index in [0.717, 1.165) is 17.1 Å². The Kier molecular flexibility index (Phi) is 3.41. The van der Waals surface area contributed by atoms with Crippen LogP contribution in [0.25, 0.3) is 0 Å². The summed E-state index contributed by atoms with van der Waals surface area (Å²) in [5.41, 5.74) is 0.775. The average molecular weight is 271 g/mol. The first-order chi connectivity index (χ1) is 7.89. The highest BCUT2D eigenvalue weighted by Crippen LogP contribution is 2.40. The van der Waals surface area contributed by atoms with E-state index < -0.39 is 9.84 Å². The van der Waals surface area contributed by atoms with Crippen LogP contribution < -0.4 is 5.32 Å². The third kappa shape index (κ3) is 2.60. The molecule has 0 amide bonds. The summed E-state index contributed by atoms with van der Waals surface area (Å²) in [6.45, 7) is 5.19. The number of nitrogens with one attached hydrogen (secondary N) is 1. The maximum absolute atomic E-state index is 11.7. The Balaban J connectivity index is 2.43. The Morgan fingerprint density at radius 2 is 2.12 bits per heavy atom. The van der Waals surface area contributed by atoms with Crippen molar-refractivity contribution in [2.24, 2.45) is 5.92 Å². The zero-order valence-corrected chi connectivity index (χ0v) is 11.9. The van der Waals surface area contributed by atoms with Crippen molar-refractivity contribution in [3.8, 4) is 0 Å². The maximum atomic E-state index is 11.7. The van der Waals surface area contributed by atoms with Crippen molar-refractivity contribution < 1.29 is 8.42 Å². The summed E-state index contributed by atoms with van der Waals surface area (Å²) in [6.07, 6.45) is 1.25. The number of rotatable bonds is 2. The van der Waals surface area contributed by atoms with Crippen molar-refractivity contribution >= 4 is 27.3 Å². The van der Waals surface area contributed by atoms with E-state index in [1.165, 1.54) is 6.26 Å². The predicted octanol–water partition coefficient (Wildman–Crippen LogP) is 2.63. The van der Waals surface area contributed by atoms with E-state index >= 15 is 0 Å². The lowest BCUT2D eigenvalue weighted by atomic mass is 10.1. The van der Waals surface area contributed by atoms with Crippen molar-refractivity contribution in [1.29, 1.82) is 0 Å². The van der Waals surface area contributed by atoms with Gasteiger partial charge in [-0.15, -0.1) is 11.8 Å². The molecule has 0 saturated heterocycles. The minimum atomic E-state index is -3.16. The Labute approximate surface area is 107 Å². The molecule has 1 N–H and O–H groups in total. The number of hydrogen-bond donors (Lipinski definition) is 1.